The van der Waals surface area contributed by atoms with Gasteiger partial charge >= 0.3 is 5.97 Å². The Morgan fingerprint density at radius 2 is 1.88 bits per heavy atom. The summed E-state index contributed by atoms with van der Waals surface area (Å²) in [5.74, 6) is 2.92. The summed E-state index contributed by atoms with van der Waals surface area (Å²) in [5.41, 5.74) is 2.25. The van der Waals surface area contributed by atoms with Gasteiger partial charge in [-0.1, -0.05) is 29.8 Å². The molecule has 0 unspecified atom stereocenters. The maximum absolute atomic E-state index is 11.9. The first kappa shape index (κ1) is 17.5. The second-order valence-electron chi connectivity index (χ2n) is 5.34. The van der Waals surface area contributed by atoms with Crippen LogP contribution in [0.15, 0.2) is 42.5 Å². The van der Waals surface area contributed by atoms with Crippen molar-refractivity contribution in [1.29, 1.82) is 0 Å². The number of hydrogen-bond donors (Lipinski definition) is 0. The van der Waals surface area contributed by atoms with E-state index < -0.39 is 5.97 Å². The van der Waals surface area contributed by atoms with Crippen molar-refractivity contribution in [1.82, 2.24) is 0 Å². The first-order valence-electron chi connectivity index (χ1n) is 7.54. The molecule has 0 spiro atoms. The smallest absolute Gasteiger partial charge is 0.349 e. The van der Waals surface area contributed by atoms with E-state index in [2.05, 4.69) is 0 Å². The molecule has 0 saturated carbocycles. The van der Waals surface area contributed by atoms with Crippen LogP contribution in [0.25, 0.3) is 0 Å². The first-order valence-corrected chi connectivity index (χ1v) is 10.0. The Bertz CT molecular complexity index is 713. The Morgan fingerprint density at radius 1 is 1.17 bits per heavy atom. The zero-order chi connectivity index (χ0) is 16.9. The van der Waals surface area contributed by atoms with Crippen LogP contribution >= 0.6 is 35.1 Å². The minimum Gasteiger partial charge on any atom is -0.482 e. The molecule has 0 aromatic heterocycles. The van der Waals surface area contributed by atoms with Crippen LogP contribution in [0.3, 0.4) is 0 Å². The van der Waals surface area contributed by atoms with Gasteiger partial charge in [0.2, 0.25) is 0 Å². The van der Waals surface area contributed by atoms with E-state index in [1.807, 2.05) is 60.8 Å². The summed E-state index contributed by atoms with van der Waals surface area (Å²) in [5, 5.41) is 0.407. The van der Waals surface area contributed by atoms with Crippen LogP contribution in [-0.2, 0) is 4.79 Å². The van der Waals surface area contributed by atoms with E-state index in [-0.39, 0.29) is 6.61 Å². The lowest BCUT2D eigenvalue weighted by Gasteiger charge is -2.11. The van der Waals surface area contributed by atoms with E-state index in [4.69, 9.17) is 21.1 Å². The zero-order valence-corrected chi connectivity index (χ0v) is 15.5. The Morgan fingerprint density at radius 3 is 2.58 bits per heavy atom. The van der Waals surface area contributed by atoms with Gasteiger partial charge in [-0.15, -0.1) is 23.5 Å². The van der Waals surface area contributed by atoms with Gasteiger partial charge in [-0.25, -0.2) is 4.79 Å². The van der Waals surface area contributed by atoms with Crippen molar-refractivity contribution in [3.63, 3.8) is 0 Å². The summed E-state index contributed by atoms with van der Waals surface area (Å²) in [6.45, 7) is 1.75. The van der Waals surface area contributed by atoms with Crippen molar-refractivity contribution in [2.45, 2.75) is 11.5 Å². The number of aryl methyl sites for hydroxylation is 1. The normalized spacial score (nSPS) is 14.6. The lowest BCUT2D eigenvalue weighted by atomic mass is 10.2. The average molecular weight is 381 g/mol. The predicted octanol–water partition coefficient (Wildman–Crippen LogP) is 5.11. The monoisotopic (exact) mass is 380 g/mol. The molecule has 24 heavy (non-hydrogen) atoms. The molecule has 0 radical (unpaired) electrons. The van der Waals surface area contributed by atoms with Crippen LogP contribution in [0.4, 0.5) is 0 Å². The fourth-order valence-corrected chi connectivity index (χ4v) is 5.27. The molecule has 2 aromatic carbocycles. The SMILES string of the molecule is Cc1ccc(Cl)c(OC(=O)COc2ccc(C3SCCS3)cc2)c1. The zero-order valence-electron chi connectivity index (χ0n) is 13.2. The van der Waals surface area contributed by atoms with Gasteiger partial charge in [-0.05, 0) is 42.3 Å². The summed E-state index contributed by atoms with van der Waals surface area (Å²) in [4.78, 5) is 11.9. The minimum absolute atomic E-state index is 0.156. The van der Waals surface area contributed by atoms with E-state index in [1.165, 1.54) is 17.1 Å². The van der Waals surface area contributed by atoms with Crippen molar-refractivity contribution in [2.75, 3.05) is 18.1 Å². The predicted molar refractivity (Wildman–Crippen MR) is 101 cm³/mol. The third-order valence-electron chi connectivity index (χ3n) is 3.44. The topological polar surface area (TPSA) is 35.5 Å². The minimum atomic E-state index is -0.478. The molecule has 6 heteroatoms. The van der Waals surface area contributed by atoms with Gasteiger partial charge in [0.25, 0.3) is 0 Å². The van der Waals surface area contributed by atoms with Gasteiger partial charge in [0.1, 0.15) is 11.5 Å². The highest BCUT2D eigenvalue weighted by Gasteiger charge is 2.18. The molecule has 1 aliphatic rings. The molecule has 126 valence electrons. The Kier molecular flexibility index (Phi) is 5.98. The fraction of sp³-hybridized carbons (Fsp3) is 0.278. The highest BCUT2D eigenvalue weighted by molar-refractivity contribution is 8.19. The van der Waals surface area contributed by atoms with Gasteiger partial charge in [-0.2, -0.15) is 0 Å². The second kappa shape index (κ2) is 8.19. The summed E-state index contributed by atoms with van der Waals surface area (Å²) < 4.78 is 11.3. The second-order valence-corrected chi connectivity index (χ2v) is 8.47. The van der Waals surface area contributed by atoms with Crippen molar-refractivity contribution < 1.29 is 14.3 Å². The third-order valence-corrected chi connectivity index (χ3v) is 6.86. The van der Waals surface area contributed by atoms with Crippen LogP contribution in [0, 0.1) is 6.92 Å². The van der Waals surface area contributed by atoms with Gasteiger partial charge in [-0.3, -0.25) is 0 Å². The first-order chi connectivity index (χ1) is 11.6. The van der Waals surface area contributed by atoms with Gasteiger partial charge in [0, 0.05) is 11.5 Å². The number of ether oxygens (including phenoxy) is 2. The molecule has 3 rings (SSSR count). The fourth-order valence-electron chi connectivity index (χ4n) is 2.26. The molecule has 0 aliphatic carbocycles. The van der Waals surface area contributed by atoms with Crippen molar-refractivity contribution in [3.8, 4) is 11.5 Å². The van der Waals surface area contributed by atoms with Crippen LogP contribution < -0.4 is 9.47 Å². The van der Waals surface area contributed by atoms with E-state index in [0.29, 0.717) is 21.1 Å². The number of carbonyl (C=O) groups is 1. The molecule has 1 fully saturated rings. The van der Waals surface area contributed by atoms with Gasteiger partial charge < -0.3 is 9.47 Å². The molecule has 1 saturated heterocycles. The number of rotatable bonds is 5. The van der Waals surface area contributed by atoms with Crippen molar-refractivity contribution in [3.05, 3.63) is 58.6 Å². The molecule has 0 N–H and O–H groups in total. The molecular formula is C18H17ClO3S2. The average Bonchev–Trinajstić information content (AvgIpc) is 3.11. The number of benzene rings is 2. The quantitative estimate of drug-likeness (QED) is 0.532. The number of esters is 1. The summed E-state index contributed by atoms with van der Waals surface area (Å²) >= 11 is 9.93. The molecule has 0 amide bonds. The lowest BCUT2D eigenvalue weighted by molar-refractivity contribution is -0.136. The van der Waals surface area contributed by atoms with E-state index in [9.17, 15) is 4.79 Å². The number of thioether (sulfide) groups is 2. The van der Waals surface area contributed by atoms with E-state index in [1.54, 1.807) is 12.1 Å². The molecule has 3 nitrogen and oxygen atoms in total. The maximum atomic E-state index is 11.9. The molecule has 0 atom stereocenters. The van der Waals surface area contributed by atoms with Crippen LogP contribution in [0.5, 0.6) is 11.5 Å². The maximum Gasteiger partial charge on any atom is 0.349 e. The highest BCUT2D eigenvalue weighted by atomic mass is 35.5. The standard InChI is InChI=1S/C18H17ClO3S2/c1-12-2-7-15(19)16(10-12)22-17(20)11-21-14-5-3-13(4-6-14)18-23-8-9-24-18/h2-7,10,18H,8-9,11H2,1H3. The highest BCUT2D eigenvalue weighted by Crippen LogP contribution is 2.45. The molecule has 0 bridgehead atoms. The number of halogens is 1. The van der Waals surface area contributed by atoms with Crippen LogP contribution in [-0.4, -0.2) is 24.1 Å². The van der Waals surface area contributed by atoms with Crippen molar-refractivity contribution in [2.24, 2.45) is 0 Å². The largest absolute Gasteiger partial charge is 0.482 e. The Balaban J connectivity index is 1.53. The Labute approximate surface area is 155 Å². The molecule has 1 aliphatic heterocycles. The summed E-state index contributed by atoms with van der Waals surface area (Å²) in [6.07, 6.45) is 0. The van der Waals surface area contributed by atoms with Gasteiger partial charge in [0.05, 0.1) is 9.60 Å². The third kappa shape index (κ3) is 4.62. The lowest BCUT2D eigenvalue weighted by Crippen LogP contribution is -2.17. The molecule has 1 heterocycles. The van der Waals surface area contributed by atoms with E-state index >= 15 is 0 Å². The molecular weight excluding hydrogens is 364 g/mol. The van der Waals surface area contributed by atoms with Crippen molar-refractivity contribution >= 4 is 41.1 Å². The molecule has 2 aromatic rings. The number of hydrogen-bond acceptors (Lipinski definition) is 5. The number of carbonyl (C=O) groups excluding carboxylic acids is 1. The summed E-state index contributed by atoms with van der Waals surface area (Å²) in [7, 11) is 0. The van der Waals surface area contributed by atoms with E-state index in [0.717, 1.165) is 5.56 Å². The Hall–Kier alpha value is -1.30. The van der Waals surface area contributed by atoms with Crippen LogP contribution in [0.1, 0.15) is 15.7 Å². The van der Waals surface area contributed by atoms with Crippen LogP contribution in [0.2, 0.25) is 5.02 Å². The summed E-state index contributed by atoms with van der Waals surface area (Å²) in [6, 6.07) is 13.2. The van der Waals surface area contributed by atoms with Gasteiger partial charge in [0.15, 0.2) is 6.61 Å².